The molecule has 2 aromatic rings. The van der Waals surface area contributed by atoms with Crippen LogP contribution in [-0.4, -0.2) is 23.6 Å². The first-order valence-corrected chi connectivity index (χ1v) is 5.32. The maximum atomic E-state index is 12.0. The molecule has 84 valence electrons. The van der Waals surface area contributed by atoms with Crippen LogP contribution in [0.25, 0.3) is 10.9 Å². The first kappa shape index (κ1) is 10.9. The minimum Gasteiger partial charge on any atom is -0.378 e. The van der Waals surface area contributed by atoms with Crippen molar-refractivity contribution in [1.82, 2.24) is 9.55 Å². The summed E-state index contributed by atoms with van der Waals surface area (Å²) in [6, 6.07) is 5.69. The van der Waals surface area contributed by atoms with E-state index < -0.39 is 0 Å². The van der Waals surface area contributed by atoms with Crippen molar-refractivity contribution in [2.45, 2.75) is 0 Å². The van der Waals surface area contributed by atoms with E-state index in [0.717, 1.165) is 11.2 Å². The van der Waals surface area contributed by atoms with Gasteiger partial charge in [0.1, 0.15) is 0 Å². The number of hydrogen-bond donors (Lipinski definition) is 1. The molecule has 0 saturated carbocycles. The third-order valence-electron chi connectivity index (χ3n) is 2.60. The third-order valence-corrected chi connectivity index (χ3v) is 2.98. The summed E-state index contributed by atoms with van der Waals surface area (Å²) in [4.78, 5) is 17.0. The van der Waals surface area contributed by atoms with E-state index in [4.69, 9.17) is 12.2 Å². The molecule has 1 N–H and O–H groups in total. The topological polar surface area (TPSA) is 41.0 Å². The predicted molar refractivity (Wildman–Crippen MR) is 68.7 cm³/mol. The summed E-state index contributed by atoms with van der Waals surface area (Å²) in [5.74, 6) is 0. The van der Waals surface area contributed by atoms with Crippen molar-refractivity contribution in [3.8, 4) is 0 Å². The fourth-order valence-corrected chi connectivity index (χ4v) is 1.76. The molecule has 0 radical (unpaired) electrons. The maximum absolute atomic E-state index is 12.0. The monoisotopic (exact) mass is 235 g/mol. The van der Waals surface area contributed by atoms with Crippen molar-refractivity contribution in [1.29, 1.82) is 0 Å². The Balaban J connectivity index is 2.89. The predicted octanol–water partition coefficient (Wildman–Crippen LogP) is 1.66. The zero-order valence-corrected chi connectivity index (χ0v) is 10.3. The Labute approximate surface area is 98.1 Å². The highest BCUT2D eigenvalue weighted by molar-refractivity contribution is 7.71. The molecular formula is C11H13N3OS. The van der Waals surface area contributed by atoms with Crippen LogP contribution in [0.3, 0.4) is 0 Å². The molecule has 0 aliphatic carbocycles. The number of anilines is 1. The van der Waals surface area contributed by atoms with Crippen LogP contribution in [0.1, 0.15) is 0 Å². The van der Waals surface area contributed by atoms with Gasteiger partial charge in [-0.05, 0) is 30.4 Å². The zero-order valence-electron chi connectivity index (χ0n) is 9.44. The number of H-pyrrole nitrogens is 1. The summed E-state index contributed by atoms with van der Waals surface area (Å²) >= 11 is 5.05. The largest absolute Gasteiger partial charge is 0.378 e. The molecule has 0 spiro atoms. The molecule has 0 aliphatic rings. The standard InChI is InChI=1S/C11H13N3OS/c1-13(2)7-4-5-9-8(6-7)10(15)14(3)11(16)12-9/h4-6H,1-3H3,(H,12,16). The Kier molecular flexibility index (Phi) is 2.55. The Morgan fingerprint density at radius 3 is 2.69 bits per heavy atom. The van der Waals surface area contributed by atoms with E-state index in [2.05, 4.69) is 4.98 Å². The van der Waals surface area contributed by atoms with Gasteiger partial charge in [-0.3, -0.25) is 9.36 Å². The second-order valence-electron chi connectivity index (χ2n) is 3.92. The highest BCUT2D eigenvalue weighted by Gasteiger charge is 2.04. The van der Waals surface area contributed by atoms with Gasteiger partial charge in [-0.2, -0.15) is 0 Å². The Bertz CT molecular complexity index is 654. The Morgan fingerprint density at radius 1 is 1.38 bits per heavy atom. The molecule has 1 heterocycles. The molecule has 5 heteroatoms. The van der Waals surface area contributed by atoms with Crippen molar-refractivity contribution in [2.24, 2.45) is 7.05 Å². The SMILES string of the molecule is CN(C)c1ccc2[nH]c(=S)n(C)c(=O)c2c1. The number of fused-ring (bicyclic) bond motifs is 1. The van der Waals surface area contributed by atoms with Crippen molar-refractivity contribution >= 4 is 28.8 Å². The summed E-state index contributed by atoms with van der Waals surface area (Å²) < 4.78 is 1.88. The van der Waals surface area contributed by atoms with Crippen LogP contribution in [-0.2, 0) is 7.05 Å². The lowest BCUT2D eigenvalue weighted by molar-refractivity contribution is 0.824. The lowest BCUT2D eigenvalue weighted by Crippen LogP contribution is -2.19. The van der Waals surface area contributed by atoms with Crippen molar-refractivity contribution < 1.29 is 0 Å². The van der Waals surface area contributed by atoms with E-state index in [-0.39, 0.29) is 5.56 Å². The average molecular weight is 235 g/mol. The Morgan fingerprint density at radius 2 is 2.06 bits per heavy atom. The fraction of sp³-hybridized carbons (Fsp3) is 0.273. The van der Waals surface area contributed by atoms with Crippen LogP contribution < -0.4 is 10.5 Å². The number of rotatable bonds is 1. The maximum Gasteiger partial charge on any atom is 0.261 e. The highest BCUT2D eigenvalue weighted by Crippen LogP contribution is 2.16. The summed E-state index contributed by atoms with van der Waals surface area (Å²) in [7, 11) is 5.55. The second kappa shape index (κ2) is 3.75. The lowest BCUT2D eigenvalue weighted by Gasteiger charge is -2.13. The van der Waals surface area contributed by atoms with Gasteiger partial charge in [-0.25, -0.2) is 0 Å². The first-order valence-electron chi connectivity index (χ1n) is 4.91. The van der Waals surface area contributed by atoms with E-state index >= 15 is 0 Å². The quantitative estimate of drug-likeness (QED) is 0.764. The zero-order chi connectivity index (χ0) is 11.9. The van der Waals surface area contributed by atoms with E-state index in [1.807, 2.05) is 37.2 Å². The van der Waals surface area contributed by atoms with Crippen molar-refractivity contribution in [2.75, 3.05) is 19.0 Å². The third kappa shape index (κ3) is 1.63. The van der Waals surface area contributed by atoms with Crippen molar-refractivity contribution in [3.05, 3.63) is 33.3 Å². The van der Waals surface area contributed by atoms with Gasteiger partial charge in [-0.15, -0.1) is 0 Å². The fourth-order valence-electron chi connectivity index (χ4n) is 1.57. The number of nitrogens with zero attached hydrogens (tertiary/aromatic N) is 2. The Hall–Kier alpha value is -1.62. The molecule has 0 amide bonds. The summed E-state index contributed by atoms with van der Waals surface area (Å²) in [6.45, 7) is 0. The van der Waals surface area contributed by atoms with Crippen molar-refractivity contribution in [3.63, 3.8) is 0 Å². The van der Waals surface area contributed by atoms with Gasteiger partial charge >= 0.3 is 0 Å². The van der Waals surface area contributed by atoms with Crippen LogP contribution in [0.5, 0.6) is 0 Å². The molecular weight excluding hydrogens is 222 g/mol. The molecule has 1 aromatic carbocycles. The number of aromatic amines is 1. The number of aromatic nitrogens is 2. The minimum absolute atomic E-state index is 0.0672. The number of hydrogen-bond acceptors (Lipinski definition) is 3. The van der Waals surface area contributed by atoms with Crippen LogP contribution in [0.15, 0.2) is 23.0 Å². The first-order chi connectivity index (χ1) is 7.50. The summed E-state index contributed by atoms with van der Waals surface area (Å²) in [5.41, 5.74) is 1.70. The normalized spacial score (nSPS) is 10.7. The van der Waals surface area contributed by atoms with E-state index in [1.165, 1.54) is 4.57 Å². The van der Waals surface area contributed by atoms with E-state index in [1.54, 1.807) is 7.05 Å². The van der Waals surface area contributed by atoms with Gasteiger partial charge in [0.25, 0.3) is 5.56 Å². The second-order valence-corrected chi connectivity index (χ2v) is 4.31. The van der Waals surface area contributed by atoms with Crippen LogP contribution in [0.2, 0.25) is 0 Å². The molecule has 2 rings (SSSR count). The average Bonchev–Trinajstić information content (AvgIpc) is 2.25. The summed E-state index contributed by atoms with van der Waals surface area (Å²) in [5, 5.41) is 0.655. The molecule has 0 saturated heterocycles. The van der Waals surface area contributed by atoms with Gasteiger partial charge < -0.3 is 9.88 Å². The van der Waals surface area contributed by atoms with Crippen LogP contribution in [0, 0.1) is 4.77 Å². The van der Waals surface area contributed by atoms with Gasteiger partial charge in [0.15, 0.2) is 4.77 Å². The smallest absolute Gasteiger partial charge is 0.261 e. The molecule has 0 unspecified atom stereocenters. The number of benzene rings is 1. The number of nitrogens with one attached hydrogen (secondary N) is 1. The molecule has 4 nitrogen and oxygen atoms in total. The molecule has 0 fully saturated rings. The van der Waals surface area contributed by atoms with E-state index in [0.29, 0.717) is 10.2 Å². The molecule has 0 bridgehead atoms. The molecule has 1 aromatic heterocycles. The van der Waals surface area contributed by atoms with Gasteiger partial charge in [0.2, 0.25) is 0 Å². The molecule has 16 heavy (non-hydrogen) atoms. The van der Waals surface area contributed by atoms with Gasteiger partial charge in [0, 0.05) is 26.8 Å². The minimum atomic E-state index is -0.0672. The van der Waals surface area contributed by atoms with E-state index in [9.17, 15) is 4.79 Å². The van der Waals surface area contributed by atoms with Gasteiger partial charge in [0.05, 0.1) is 10.9 Å². The lowest BCUT2D eigenvalue weighted by atomic mass is 10.2. The highest BCUT2D eigenvalue weighted by atomic mass is 32.1. The summed E-state index contributed by atoms with van der Waals surface area (Å²) in [6.07, 6.45) is 0. The van der Waals surface area contributed by atoms with Crippen LogP contribution in [0.4, 0.5) is 5.69 Å². The molecule has 0 aliphatic heterocycles. The van der Waals surface area contributed by atoms with Gasteiger partial charge in [-0.1, -0.05) is 0 Å². The van der Waals surface area contributed by atoms with Crippen LogP contribution >= 0.6 is 12.2 Å². The molecule has 0 atom stereocenters.